The number of piperazine rings is 1. The first-order valence-electron chi connectivity index (χ1n) is 19.1. The summed E-state index contributed by atoms with van der Waals surface area (Å²) in [6, 6.07) is 4.24. The second-order valence-corrected chi connectivity index (χ2v) is 15.9. The summed E-state index contributed by atoms with van der Waals surface area (Å²) < 4.78 is 7.01. The molecule has 2 amide bonds. The van der Waals surface area contributed by atoms with E-state index < -0.39 is 5.91 Å². The number of fused-ring (bicyclic) bond motifs is 3. The third kappa shape index (κ3) is 7.29. The molecule has 2 fully saturated rings. The zero-order valence-corrected chi connectivity index (χ0v) is 32.1. The van der Waals surface area contributed by atoms with Crippen molar-refractivity contribution in [2.24, 2.45) is 12.8 Å². The van der Waals surface area contributed by atoms with Crippen LogP contribution in [-0.2, 0) is 42.4 Å². The molecule has 0 radical (unpaired) electrons. The van der Waals surface area contributed by atoms with Crippen molar-refractivity contribution in [3.05, 3.63) is 79.2 Å². The molecular formula is C40H47N9O5S. The normalized spacial score (nSPS) is 19.5. The van der Waals surface area contributed by atoms with Crippen LogP contribution in [-0.4, -0.2) is 92.8 Å². The minimum atomic E-state index is -0.581. The summed E-state index contributed by atoms with van der Waals surface area (Å²) in [4.78, 5) is 62.0. The van der Waals surface area contributed by atoms with Gasteiger partial charge in [-0.1, -0.05) is 0 Å². The smallest absolute Gasteiger partial charge is 0.293 e. The first-order valence-corrected chi connectivity index (χ1v) is 20.0. The Balaban J connectivity index is 1.08. The number of thiophene rings is 1. The number of carbonyl (C=O) groups excluding carboxylic acids is 2. The third-order valence-electron chi connectivity index (χ3n) is 11.3. The fourth-order valence-electron chi connectivity index (χ4n) is 8.54. The van der Waals surface area contributed by atoms with Gasteiger partial charge in [0.15, 0.2) is 5.82 Å². The zero-order valence-electron chi connectivity index (χ0n) is 31.3. The molecule has 0 bridgehead atoms. The first kappa shape index (κ1) is 37.0. The summed E-state index contributed by atoms with van der Waals surface area (Å²) in [7, 11) is 1.64. The predicted molar refractivity (Wildman–Crippen MR) is 213 cm³/mol. The molecule has 55 heavy (non-hydrogen) atoms. The van der Waals surface area contributed by atoms with E-state index in [-0.39, 0.29) is 29.9 Å². The van der Waals surface area contributed by atoms with Crippen LogP contribution in [0, 0.1) is 0 Å². The number of ether oxygens (including phenoxy) is 1. The summed E-state index contributed by atoms with van der Waals surface area (Å²) in [6.07, 6.45) is 15.0. The van der Waals surface area contributed by atoms with Crippen LogP contribution in [0.25, 0.3) is 17.3 Å². The molecule has 15 heteroatoms. The predicted octanol–water partition coefficient (Wildman–Crippen LogP) is 3.80. The number of nitrogens with zero attached hydrogens (tertiary/aromatic N) is 7. The molecule has 14 nitrogen and oxygen atoms in total. The van der Waals surface area contributed by atoms with Crippen LogP contribution in [0.4, 0.5) is 23.1 Å². The Morgan fingerprint density at radius 1 is 1.09 bits per heavy atom. The van der Waals surface area contributed by atoms with Crippen LogP contribution in [0.5, 0.6) is 0 Å². The van der Waals surface area contributed by atoms with Gasteiger partial charge in [0.25, 0.3) is 11.5 Å². The largest absolute Gasteiger partial charge is 0.392 e. The summed E-state index contributed by atoms with van der Waals surface area (Å²) in [6.45, 7) is 6.38. The molecule has 4 aromatic heterocycles. The van der Waals surface area contributed by atoms with Gasteiger partial charge in [-0.25, -0.2) is 15.0 Å². The van der Waals surface area contributed by atoms with Crippen molar-refractivity contribution in [3.8, 4) is 11.3 Å². The molecule has 7 heterocycles. The van der Waals surface area contributed by atoms with Crippen LogP contribution in [0.3, 0.4) is 0 Å². The second kappa shape index (κ2) is 15.6. The minimum absolute atomic E-state index is 0.0444. The zero-order chi connectivity index (χ0) is 38.2. The van der Waals surface area contributed by atoms with Crippen LogP contribution >= 0.6 is 11.3 Å². The lowest BCUT2D eigenvalue weighted by molar-refractivity contribution is -0.113. The second-order valence-electron chi connectivity index (χ2n) is 14.8. The Hall–Kier alpha value is -4.96. The van der Waals surface area contributed by atoms with Crippen LogP contribution in [0.15, 0.2) is 41.6 Å². The number of aryl methyl sites for hydroxylation is 2. The summed E-state index contributed by atoms with van der Waals surface area (Å²) in [5.41, 5.74) is 10.3. The van der Waals surface area contributed by atoms with Gasteiger partial charge in [0, 0.05) is 98.6 Å². The molecule has 0 saturated carbocycles. The Kier molecular flexibility index (Phi) is 10.5. The van der Waals surface area contributed by atoms with Gasteiger partial charge in [-0.05, 0) is 81.2 Å². The lowest BCUT2D eigenvalue weighted by Crippen LogP contribution is -2.56. The summed E-state index contributed by atoms with van der Waals surface area (Å²) in [5, 5.41) is 13.9. The Morgan fingerprint density at radius 3 is 2.69 bits per heavy atom. The van der Waals surface area contributed by atoms with Crippen LogP contribution in [0.2, 0.25) is 0 Å². The number of hydrogen-bond acceptors (Lipinski definition) is 12. The molecule has 1 aliphatic carbocycles. The van der Waals surface area contributed by atoms with E-state index in [9.17, 15) is 19.5 Å². The number of primary amides is 1. The molecule has 4 aliphatic rings. The van der Waals surface area contributed by atoms with Gasteiger partial charge < -0.3 is 30.4 Å². The standard InChI is InChI=1S/C40H47N9O5S/c1-24-21-47(27-11-17-54-18-12-27)15-16-48(24)37-25(7-8-34(41)51)19-26(20-43-37)44-36-40(53)46(2)22-32(45-36)28-9-13-42-38(31(28)23-50)49-14-10-30-29-5-3-4-6-33(29)55-35(30)39(49)52/h7-9,13,19-20,22,24,27,50H,3-6,10-12,14-18,21,23H2,1-2H3,(H2,41,51)(H,44,45)/t24-/m0/s1. The number of hydrogen-bond donors (Lipinski definition) is 3. The van der Waals surface area contributed by atoms with Gasteiger partial charge in [-0.2, -0.15) is 0 Å². The number of aliphatic hydroxyl groups is 1. The van der Waals surface area contributed by atoms with E-state index in [4.69, 9.17) is 20.4 Å². The maximum Gasteiger partial charge on any atom is 0.293 e. The van der Waals surface area contributed by atoms with Gasteiger partial charge >= 0.3 is 0 Å². The van der Waals surface area contributed by atoms with Crippen molar-refractivity contribution in [1.82, 2.24) is 24.4 Å². The topological polar surface area (TPSA) is 172 Å². The highest BCUT2D eigenvalue weighted by Crippen LogP contribution is 2.40. The van der Waals surface area contributed by atoms with E-state index in [1.807, 2.05) is 6.07 Å². The number of aliphatic hydroxyl groups excluding tert-OH is 1. The van der Waals surface area contributed by atoms with Crippen molar-refractivity contribution in [2.75, 3.05) is 54.5 Å². The maximum absolute atomic E-state index is 13.9. The maximum atomic E-state index is 13.9. The van der Waals surface area contributed by atoms with Crippen LogP contribution < -0.4 is 26.4 Å². The molecule has 8 rings (SSSR count). The Morgan fingerprint density at radius 2 is 1.91 bits per heavy atom. The number of amides is 2. The Bertz CT molecular complexity index is 2210. The average molecular weight is 766 g/mol. The first-order chi connectivity index (χ1) is 26.7. The lowest BCUT2D eigenvalue weighted by atomic mass is 9.92. The van der Waals surface area contributed by atoms with E-state index in [1.165, 1.54) is 26.6 Å². The molecular weight excluding hydrogens is 719 g/mol. The molecule has 0 spiro atoms. The fourth-order valence-corrected chi connectivity index (χ4v) is 9.93. The number of anilines is 4. The number of carbonyl (C=O) groups is 2. The van der Waals surface area contributed by atoms with E-state index >= 15 is 0 Å². The molecule has 0 unspecified atom stereocenters. The third-order valence-corrected chi connectivity index (χ3v) is 12.6. The SMILES string of the molecule is C[C@H]1CN(C2CCOCC2)CCN1c1ncc(Nc2nc(-c3ccnc(N4CCc5c(sc6c5CCCC6)C4=O)c3CO)cn(C)c2=O)cc1C=CC(N)=O. The van der Waals surface area contributed by atoms with Gasteiger partial charge in [-0.3, -0.25) is 24.2 Å². The molecule has 1 atom stereocenters. The van der Waals surface area contributed by atoms with Gasteiger partial charge in [0.05, 0.1) is 29.1 Å². The van der Waals surface area contributed by atoms with Crippen molar-refractivity contribution in [3.63, 3.8) is 0 Å². The van der Waals surface area contributed by atoms with Gasteiger partial charge in [0.1, 0.15) is 11.6 Å². The highest BCUT2D eigenvalue weighted by atomic mass is 32.1. The number of nitrogens with one attached hydrogen (secondary N) is 1. The quantitative estimate of drug-likeness (QED) is 0.212. The summed E-state index contributed by atoms with van der Waals surface area (Å²) in [5.74, 6) is 0.477. The van der Waals surface area contributed by atoms with E-state index in [2.05, 4.69) is 27.0 Å². The van der Waals surface area contributed by atoms with E-state index in [0.29, 0.717) is 46.5 Å². The molecule has 4 N–H and O–H groups in total. The van der Waals surface area contributed by atoms with Crippen molar-refractivity contribution in [2.45, 2.75) is 70.6 Å². The minimum Gasteiger partial charge on any atom is -0.392 e. The van der Waals surface area contributed by atoms with E-state index in [0.717, 1.165) is 88.5 Å². The van der Waals surface area contributed by atoms with Gasteiger partial charge in [-0.15, -0.1) is 11.3 Å². The Labute approximate surface area is 323 Å². The molecule has 0 aromatic carbocycles. The average Bonchev–Trinajstić information content (AvgIpc) is 3.59. The lowest BCUT2D eigenvalue weighted by Gasteiger charge is -2.45. The summed E-state index contributed by atoms with van der Waals surface area (Å²) >= 11 is 1.60. The number of nitrogens with two attached hydrogens (primary N) is 1. The monoisotopic (exact) mass is 765 g/mol. The fraction of sp³-hybridized carbons (Fsp3) is 0.450. The molecule has 288 valence electrons. The van der Waals surface area contributed by atoms with Gasteiger partial charge in [0.2, 0.25) is 5.91 Å². The van der Waals surface area contributed by atoms with Crippen LogP contribution in [0.1, 0.15) is 69.4 Å². The highest BCUT2D eigenvalue weighted by Gasteiger charge is 2.35. The number of aromatic nitrogens is 4. The molecule has 2 saturated heterocycles. The highest BCUT2D eigenvalue weighted by molar-refractivity contribution is 7.14. The van der Waals surface area contributed by atoms with Crippen molar-refractivity contribution in [1.29, 1.82) is 0 Å². The van der Waals surface area contributed by atoms with E-state index in [1.54, 1.807) is 54.0 Å². The van der Waals surface area contributed by atoms with Crippen molar-refractivity contribution >= 4 is 52.4 Å². The van der Waals surface area contributed by atoms with Crippen molar-refractivity contribution < 1.29 is 19.4 Å². The molecule has 3 aliphatic heterocycles. The molecule has 4 aromatic rings. The number of rotatable bonds is 9. The number of pyridine rings is 2.